The van der Waals surface area contributed by atoms with Gasteiger partial charge in [-0.1, -0.05) is 17.7 Å². The summed E-state index contributed by atoms with van der Waals surface area (Å²) in [5.74, 6) is 3.03. The van der Waals surface area contributed by atoms with E-state index in [-0.39, 0.29) is 12.0 Å². The fraction of sp³-hybridized carbons (Fsp3) is 0.591. The number of aromatic nitrogens is 3. The van der Waals surface area contributed by atoms with Crippen molar-refractivity contribution in [2.45, 2.75) is 44.9 Å². The first-order valence-electron chi connectivity index (χ1n) is 11.0. The summed E-state index contributed by atoms with van der Waals surface area (Å²) in [6.45, 7) is 4.42. The molecule has 1 saturated heterocycles. The van der Waals surface area contributed by atoms with Gasteiger partial charge in [0.05, 0.1) is 19.2 Å². The maximum absolute atomic E-state index is 12.1. The van der Waals surface area contributed by atoms with Crippen molar-refractivity contribution in [3.8, 4) is 11.5 Å². The molecule has 1 N–H and O–H groups in total. The highest BCUT2D eigenvalue weighted by Crippen LogP contribution is 2.37. The van der Waals surface area contributed by atoms with Gasteiger partial charge in [-0.25, -0.2) is 0 Å². The lowest BCUT2D eigenvalue weighted by molar-refractivity contribution is -0.130. The molecule has 1 aromatic carbocycles. The third-order valence-electron chi connectivity index (χ3n) is 6.02. The fourth-order valence-corrected chi connectivity index (χ4v) is 4.55. The Morgan fingerprint density at radius 2 is 2.12 bits per heavy atom. The van der Waals surface area contributed by atoms with E-state index in [4.69, 9.17) is 25.8 Å². The molecule has 2 aliphatic rings. The molecule has 1 aromatic heterocycles. The first-order valence-corrected chi connectivity index (χ1v) is 11.4. The van der Waals surface area contributed by atoms with E-state index in [0.717, 1.165) is 56.1 Å². The Morgan fingerprint density at radius 1 is 1.25 bits per heavy atom. The van der Waals surface area contributed by atoms with Crippen LogP contribution in [0.3, 0.4) is 0 Å². The molecule has 0 spiro atoms. The number of carbonyl (C=O) groups is 1. The SMILES string of the molecule is COc1ccc(CN2CCc3nnc(CCNC(=O)[C@H]4CCCO4)n3CC2)c(Cl)c1OC. The average Bonchev–Trinajstić information content (AvgIpc) is 3.43. The molecule has 32 heavy (non-hydrogen) atoms. The number of carbonyl (C=O) groups excluding carboxylic acids is 1. The van der Waals surface area contributed by atoms with E-state index in [1.54, 1.807) is 14.2 Å². The number of hydrogen-bond donors (Lipinski definition) is 1. The number of amides is 1. The first-order chi connectivity index (χ1) is 15.6. The molecule has 0 aliphatic carbocycles. The molecule has 174 valence electrons. The van der Waals surface area contributed by atoms with E-state index in [1.165, 1.54) is 0 Å². The summed E-state index contributed by atoms with van der Waals surface area (Å²) in [4.78, 5) is 14.5. The Bertz CT molecular complexity index is 945. The number of hydrogen-bond acceptors (Lipinski definition) is 7. The summed E-state index contributed by atoms with van der Waals surface area (Å²) in [5.41, 5.74) is 0.999. The maximum atomic E-state index is 12.1. The summed E-state index contributed by atoms with van der Waals surface area (Å²) in [6, 6.07) is 3.87. The largest absolute Gasteiger partial charge is 0.493 e. The van der Waals surface area contributed by atoms with Crippen molar-refractivity contribution in [3.05, 3.63) is 34.4 Å². The molecule has 0 bridgehead atoms. The van der Waals surface area contributed by atoms with Gasteiger partial charge >= 0.3 is 0 Å². The second-order valence-electron chi connectivity index (χ2n) is 8.03. The summed E-state index contributed by atoms with van der Waals surface area (Å²) in [5, 5.41) is 12.3. The molecule has 10 heteroatoms. The van der Waals surface area contributed by atoms with Gasteiger partial charge in [-0.15, -0.1) is 10.2 Å². The molecule has 9 nitrogen and oxygen atoms in total. The van der Waals surface area contributed by atoms with Crippen molar-refractivity contribution >= 4 is 17.5 Å². The number of nitrogens with zero attached hydrogens (tertiary/aromatic N) is 4. The highest BCUT2D eigenvalue weighted by molar-refractivity contribution is 6.33. The Kier molecular flexibility index (Phi) is 7.49. The number of benzene rings is 1. The van der Waals surface area contributed by atoms with Crippen LogP contribution >= 0.6 is 11.6 Å². The maximum Gasteiger partial charge on any atom is 0.249 e. The summed E-state index contributed by atoms with van der Waals surface area (Å²) in [7, 11) is 3.19. The standard InChI is InChI=1S/C22H30ClN5O4/c1-30-16-6-5-15(20(23)21(16)31-2)14-27-10-8-19-26-25-18(28(19)12-11-27)7-9-24-22(29)17-4-3-13-32-17/h5-6,17H,3-4,7-14H2,1-2H3,(H,24,29)/t17-/m1/s1. The number of nitrogens with one attached hydrogen (secondary N) is 1. The van der Waals surface area contributed by atoms with Crippen LogP contribution in [0.4, 0.5) is 0 Å². The van der Waals surface area contributed by atoms with Gasteiger partial charge in [-0.3, -0.25) is 9.69 Å². The Hall–Kier alpha value is -2.36. The second-order valence-corrected chi connectivity index (χ2v) is 8.41. The van der Waals surface area contributed by atoms with E-state index < -0.39 is 0 Å². The molecular formula is C22H30ClN5O4. The molecule has 0 unspecified atom stereocenters. The topological polar surface area (TPSA) is 90.7 Å². The van der Waals surface area contributed by atoms with Gasteiger partial charge in [0, 0.05) is 52.2 Å². The highest BCUT2D eigenvalue weighted by Gasteiger charge is 2.24. The molecule has 4 rings (SSSR count). The number of ether oxygens (including phenoxy) is 3. The lowest BCUT2D eigenvalue weighted by atomic mass is 10.1. The molecule has 2 aromatic rings. The molecule has 0 saturated carbocycles. The predicted molar refractivity (Wildman–Crippen MR) is 119 cm³/mol. The van der Waals surface area contributed by atoms with E-state index in [2.05, 4.69) is 25.0 Å². The number of methoxy groups -OCH3 is 2. The van der Waals surface area contributed by atoms with Crippen LogP contribution in [0, 0.1) is 0 Å². The summed E-state index contributed by atoms with van der Waals surface area (Å²) in [6.07, 6.45) is 2.89. The molecule has 3 heterocycles. The predicted octanol–water partition coefficient (Wildman–Crippen LogP) is 1.84. The van der Waals surface area contributed by atoms with Crippen LogP contribution in [-0.2, 0) is 35.5 Å². The van der Waals surface area contributed by atoms with Gasteiger partial charge < -0.3 is 24.1 Å². The van der Waals surface area contributed by atoms with Gasteiger partial charge in [0.25, 0.3) is 0 Å². The molecule has 1 fully saturated rings. The van der Waals surface area contributed by atoms with E-state index >= 15 is 0 Å². The van der Waals surface area contributed by atoms with Gasteiger partial charge in [-0.2, -0.15) is 0 Å². The van der Waals surface area contributed by atoms with Crippen molar-refractivity contribution in [2.75, 3.05) is 40.5 Å². The van der Waals surface area contributed by atoms with Crippen molar-refractivity contribution in [3.63, 3.8) is 0 Å². The zero-order chi connectivity index (χ0) is 22.5. The highest BCUT2D eigenvalue weighted by atomic mass is 35.5. The minimum absolute atomic E-state index is 0.0314. The molecule has 2 aliphatic heterocycles. The zero-order valence-electron chi connectivity index (χ0n) is 18.6. The quantitative estimate of drug-likeness (QED) is 0.638. The van der Waals surface area contributed by atoms with Crippen LogP contribution < -0.4 is 14.8 Å². The van der Waals surface area contributed by atoms with Crippen LogP contribution in [0.25, 0.3) is 0 Å². The monoisotopic (exact) mass is 463 g/mol. The fourth-order valence-electron chi connectivity index (χ4n) is 4.26. The van der Waals surface area contributed by atoms with Gasteiger partial charge in [0.1, 0.15) is 17.8 Å². The Labute approximate surface area is 193 Å². The Morgan fingerprint density at radius 3 is 2.88 bits per heavy atom. The Balaban J connectivity index is 1.34. The third kappa shape index (κ3) is 5.00. The van der Waals surface area contributed by atoms with Crippen LogP contribution in [0.1, 0.15) is 30.1 Å². The van der Waals surface area contributed by atoms with Gasteiger partial charge in [0.15, 0.2) is 11.5 Å². The minimum Gasteiger partial charge on any atom is -0.493 e. The molecule has 1 atom stereocenters. The lowest BCUT2D eigenvalue weighted by Gasteiger charge is -2.21. The van der Waals surface area contributed by atoms with Crippen LogP contribution in [-0.4, -0.2) is 72.1 Å². The van der Waals surface area contributed by atoms with Gasteiger partial charge in [-0.05, 0) is 24.5 Å². The number of rotatable bonds is 8. The number of halogens is 1. The van der Waals surface area contributed by atoms with Crippen molar-refractivity contribution in [2.24, 2.45) is 0 Å². The first kappa shape index (κ1) is 22.8. The summed E-state index contributed by atoms with van der Waals surface area (Å²) < 4.78 is 18.4. The van der Waals surface area contributed by atoms with Crippen molar-refractivity contribution in [1.29, 1.82) is 0 Å². The van der Waals surface area contributed by atoms with E-state index in [1.807, 2.05) is 12.1 Å². The van der Waals surface area contributed by atoms with Gasteiger partial charge in [0.2, 0.25) is 5.91 Å². The third-order valence-corrected chi connectivity index (χ3v) is 6.44. The number of fused-ring (bicyclic) bond motifs is 1. The average molecular weight is 464 g/mol. The smallest absolute Gasteiger partial charge is 0.249 e. The summed E-state index contributed by atoms with van der Waals surface area (Å²) >= 11 is 6.57. The van der Waals surface area contributed by atoms with E-state index in [0.29, 0.717) is 42.6 Å². The second kappa shape index (κ2) is 10.5. The molecule has 0 radical (unpaired) electrons. The van der Waals surface area contributed by atoms with Crippen LogP contribution in [0.2, 0.25) is 5.02 Å². The van der Waals surface area contributed by atoms with Crippen molar-refractivity contribution < 1.29 is 19.0 Å². The molecule has 1 amide bonds. The minimum atomic E-state index is -0.303. The normalized spacial score (nSPS) is 18.8. The van der Waals surface area contributed by atoms with E-state index in [9.17, 15) is 4.79 Å². The molecular weight excluding hydrogens is 434 g/mol. The van der Waals surface area contributed by atoms with Crippen LogP contribution in [0.15, 0.2) is 12.1 Å². The lowest BCUT2D eigenvalue weighted by Crippen LogP contribution is -2.35. The van der Waals surface area contributed by atoms with Crippen molar-refractivity contribution in [1.82, 2.24) is 25.0 Å². The zero-order valence-corrected chi connectivity index (χ0v) is 19.4. The van der Waals surface area contributed by atoms with Crippen LogP contribution in [0.5, 0.6) is 11.5 Å².